The highest BCUT2D eigenvalue weighted by Crippen LogP contribution is 2.20. The molecular formula is C29H18Cl2N10O4. The van der Waals surface area contributed by atoms with Crippen molar-refractivity contribution in [2.45, 2.75) is 13.1 Å². The first-order chi connectivity index (χ1) is 21.7. The zero-order valence-corrected chi connectivity index (χ0v) is 24.6. The van der Waals surface area contributed by atoms with E-state index in [1.54, 1.807) is 24.5 Å². The Labute approximate surface area is 263 Å². The number of hydrogen-bond acceptors (Lipinski definition) is 11. The molecule has 0 amide bonds. The number of methoxy groups -OCH3 is 1. The normalized spacial score (nSPS) is 10.5. The van der Waals surface area contributed by atoms with Gasteiger partial charge in [-0.3, -0.25) is 9.97 Å². The number of halogens is 2. The molecule has 45 heavy (non-hydrogen) atoms. The summed E-state index contributed by atoms with van der Waals surface area (Å²) in [4.78, 5) is 33.4. The predicted octanol–water partition coefficient (Wildman–Crippen LogP) is 4.28. The van der Waals surface area contributed by atoms with Gasteiger partial charge < -0.3 is 9.84 Å². The highest BCUT2D eigenvalue weighted by Gasteiger charge is 2.19. The number of aromatic nitrogens is 8. The lowest BCUT2D eigenvalue weighted by molar-refractivity contribution is 0.0591. The molecule has 2 aromatic carbocycles. The van der Waals surface area contributed by atoms with Crippen LogP contribution < -0.4 is 0 Å². The smallest absolute Gasteiger partial charge is 0.361 e. The molecule has 0 aliphatic rings. The molecule has 222 valence electrons. The van der Waals surface area contributed by atoms with Crippen molar-refractivity contribution in [2.75, 3.05) is 7.11 Å². The number of rotatable bonds is 6. The van der Waals surface area contributed by atoms with E-state index >= 15 is 0 Å². The van der Waals surface area contributed by atoms with Gasteiger partial charge in [0.05, 0.1) is 41.3 Å². The lowest BCUT2D eigenvalue weighted by atomic mass is 10.1. The van der Waals surface area contributed by atoms with E-state index in [0.29, 0.717) is 16.6 Å². The Hall–Kier alpha value is -5.96. The maximum Gasteiger partial charge on any atom is 0.361 e. The van der Waals surface area contributed by atoms with Gasteiger partial charge in [-0.1, -0.05) is 35.3 Å². The van der Waals surface area contributed by atoms with Gasteiger partial charge in [0.2, 0.25) is 11.4 Å². The van der Waals surface area contributed by atoms with Crippen molar-refractivity contribution in [3.8, 4) is 12.1 Å². The van der Waals surface area contributed by atoms with Gasteiger partial charge in [-0.15, -0.1) is 20.4 Å². The molecule has 0 aliphatic heterocycles. The van der Waals surface area contributed by atoms with Gasteiger partial charge in [-0.25, -0.2) is 9.59 Å². The quantitative estimate of drug-likeness (QED) is 0.254. The molecule has 0 spiro atoms. The minimum absolute atomic E-state index is 0.0673. The van der Waals surface area contributed by atoms with Crippen molar-refractivity contribution in [3.63, 3.8) is 0 Å². The Morgan fingerprint density at radius 3 is 1.67 bits per heavy atom. The van der Waals surface area contributed by atoms with Crippen LogP contribution in [0.3, 0.4) is 0 Å². The standard InChI is InChI=1S/C15H10ClN5O2.C14H8ClN5O2/c1-23-15(22)14-13(6-17)19-21(20-14)8-9-2-3-12-10(4-9)5-11(16)7-18-12;15-10-4-9-3-8(1-2-11(9)17-6-10)7-20-18-12(5-16)13(19-20)14(21)22/h2-5,7H,8H2,1H3;1-4,6H,7H2,(H,21,22). The van der Waals surface area contributed by atoms with Gasteiger partial charge in [0.1, 0.15) is 12.1 Å². The van der Waals surface area contributed by atoms with Crippen molar-refractivity contribution >= 4 is 56.9 Å². The summed E-state index contributed by atoms with van der Waals surface area (Å²) in [6.07, 6.45) is 3.15. The summed E-state index contributed by atoms with van der Waals surface area (Å²) < 4.78 is 4.58. The summed E-state index contributed by atoms with van der Waals surface area (Å²) >= 11 is 11.9. The first-order valence-corrected chi connectivity index (χ1v) is 13.5. The molecule has 0 atom stereocenters. The summed E-state index contributed by atoms with van der Waals surface area (Å²) in [5.74, 6) is -1.97. The molecule has 0 radical (unpaired) electrons. The molecule has 0 aliphatic carbocycles. The van der Waals surface area contributed by atoms with Crippen LogP contribution in [0.5, 0.6) is 0 Å². The van der Waals surface area contributed by atoms with Crippen molar-refractivity contribution in [3.05, 3.63) is 105 Å². The number of carbonyl (C=O) groups is 2. The van der Waals surface area contributed by atoms with Gasteiger partial charge in [0, 0.05) is 23.2 Å². The van der Waals surface area contributed by atoms with Gasteiger partial charge in [-0.05, 0) is 47.5 Å². The monoisotopic (exact) mass is 640 g/mol. The number of hydrogen-bond donors (Lipinski definition) is 1. The number of aromatic carboxylic acids is 1. The second kappa shape index (κ2) is 13.1. The molecule has 6 aromatic rings. The highest BCUT2D eigenvalue weighted by molar-refractivity contribution is 6.31. The van der Waals surface area contributed by atoms with E-state index < -0.39 is 11.9 Å². The van der Waals surface area contributed by atoms with Crippen LogP contribution in [0.2, 0.25) is 10.0 Å². The third-order valence-electron chi connectivity index (χ3n) is 6.18. The summed E-state index contributed by atoms with van der Waals surface area (Å²) in [6, 6.07) is 18.3. The fraction of sp³-hybridized carbons (Fsp3) is 0.103. The lowest BCUT2D eigenvalue weighted by Crippen LogP contribution is -2.07. The average molecular weight is 641 g/mol. The second-order valence-electron chi connectivity index (χ2n) is 9.24. The molecule has 0 bridgehead atoms. The number of carboxylic acid groups (broad SMARTS) is 1. The van der Waals surface area contributed by atoms with Crippen LogP contribution in [0.4, 0.5) is 0 Å². The number of carbonyl (C=O) groups excluding carboxylic acids is 1. The van der Waals surface area contributed by atoms with Crippen LogP contribution >= 0.6 is 23.2 Å². The van der Waals surface area contributed by atoms with Crippen LogP contribution in [0.1, 0.15) is 43.5 Å². The number of nitrogens with zero attached hydrogens (tertiary/aromatic N) is 10. The Morgan fingerprint density at radius 2 is 1.24 bits per heavy atom. The molecule has 0 fully saturated rings. The van der Waals surface area contributed by atoms with Crippen molar-refractivity contribution in [1.29, 1.82) is 10.5 Å². The summed E-state index contributed by atoms with van der Waals surface area (Å²) in [5, 5.41) is 45.3. The van der Waals surface area contributed by atoms with E-state index in [4.69, 9.17) is 38.8 Å². The fourth-order valence-electron chi connectivity index (χ4n) is 4.20. The zero-order chi connectivity index (χ0) is 32.1. The average Bonchev–Trinajstić information content (AvgIpc) is 3.64. The number of pyridine rings is 2. The van der Waals surface area contributed by atoms with E-state index in [1.807, 2.05) is 48.5 Å². The topological polar surface area (TPSA) is 198 Å². The maximum atomic E-state index is 11.6. The van der Waals surface area contributed by atoms with Gasteiger partial charge in [0.25, 0.3) is 0 Å². The molecule has 0 unspecified atom stereocenters. The third kappa shape index (κ3) is 7.00. The summed E-state index contributed by atoms with van der Waals surface area (Å²) in [6.45, 7) is 0.540. The summed E-state index contributed by atoms with van der Waals surface area (Å²) in [7, 11) is 1.22. The van der Waals surface area contributed by atoms with Crippen LogP contribution in [0.25, 0.3) is 21.8 Å². The molecule has 6 rings (SSSR count). The van der Waals surface area contributed by atoms with Gasteiger partial charge >= 0.3 is 11.9 Å². The minimum atomic E-state index is -1.28. The molecule has 4 heterocycles. The van der Waals surface area contributed by atoms with Gasteiger partial charge in [-0.2, -0.15) is 20.1 Å². The third-order valence-corrected chi connectivity index (χ3v) is 6.59. The molecule has 16 heteroatoms. The number of ether oxygens (including phenoxy) is 1. The highest BCUT2D eigenvalue weighted by atomic mass is 35.5. The van der Waals surface area contributed by atoms with Crippen LogP contribution in [-0.2, 0) is 17.8 Å². The zero-order valence-electron chi connectivity index (χ0n) is 23.1. The first kappa shape index (κ1) is 30.5. The molecule has 4 aromatic heterocycles. The molecule has 0 saturated carbocycles. The Bertz CT molecular complexity index is 2180. The molecule has 1 N–H and O–H groups in total. The summed E-state index contributed by atoms with van der Waals surface area (Å²) in [5.41, 5.74) is 2.62. The molecule has 14 nitrogen and oxygen atoms in total. The van der Waals surface area contributed by atoms with E-state index in [9.17, 15) is 9.59 Å². The lowest BCUT2D eigenvalue weighted by Gasteiger charge is -2.03. The maximum absolute atomic E-state index is 11.6. The Morgan fingerprint density at radius 1 is 0.778 bits per heavy atom. The van der Waals surface area contributed by atoms with E-state index in [1.165, 1.54) is 16.7 Å². The number of benzene rings is 2. The van der Waals surface area contributed by atoms with Crippen molar-refractivity contribution < 1.29 is 19.4 Å². The SMILES string of the molecule is COC(=O)c1nn(Cc2ccc3ncc(Cl)cc3c2)nc1C#N.N#Cc1nn(Cc2ccc3ncc(Cl)cc3c2)nc1C(=O)O. The fourth-order valence-corrected chi connectivity index (χ4v) is 4.53. The number of carboxylic acids is 1. The number of esters is 1. The largest absolute Gasteiger partial charge is 0.476 e. The predicted molar refractivity (Wildman–Crippen MR) is 159 cm³/mol. The Balaban J connectivity index is 0.000000178. The number of fused-ring (bicyclic) bond motifs is 2. The van der Waals surface area contributed by atoms with Crippen LogP contribution in [0.15, 0.2) is 60.9 Å². The van der Waals surface area contributed by atoms with Crippen molar-refractivity contribution in [1.82, 2.24) is 40.0 Å². The first-order valence-electron chi connectivity index (χ1n) is 12.8. The van der Waals surface area contributed by atoms with E-state index in [2.05, 4.69) is 35.1 Å². The van der Waals surface area contributed by atoms with Gasteiger partial charge in [0.15, 0.2) is 11.4 Å². The van der Waals surface area contributed by atoms with E-state index in [0.717, 1.165) is 32.9 Å². The Kier molecular flexibility index (Phi) is 8.90. The van der Waals surface area contributed by atoms with E-state index in [-0.39, 0.29) is 29.3 Å². The molecule has 0 saturated heterocycles. The molecular weight excluding hydrogens is 623 g/mol. The minimum Gasteiger partial charge on any atom is -0.476 e. The number of nitriles is 2. The van der Waals surface area contributed by atoms with Crippen LogP contribution in [0, 0.1) is 22.7 Å². The second-order valence-corrected chi connectivity index (χ2v) is 10.1. The van der Waals surface area contributed by atoms with Crippen molar-refractivity contribution in [2.24, 2.45) is 0 Å². The van der Waals surface area contributed by atoms with Crippen LogP contribution in [-0.4, -0.2) is 64.1 Å².